The Morgan fingerprint density at radius 2 is 1.84 bits per heavy atom. The van der Waals surface area contributed by atoms with E-state index < -0.39 is 5.54 Å². The van der Waals surface area contributed by atoms with Crippen molar-refractivity contribution in [3.05, 3.63) is 0 Å². The third kappa shape index (κ3) is 5.11. The van der Waals surface area contributed by atoms with Crippen LogP contribution < -0.4 is 5.32 Å². The monoisotopic (exact) mass is 272 g/mol. The van der Waals surface area contributed by atoms with E-state index >= 15 is 0 Å². The van der Waals surface area contributed by atoms with Crippen LogP contribution in [0.4, 0.5) is 0 Å². The fourth-order valence-electron chi connectivity index (χ4n) is 2.18. The number of ether oxygens (including phenoxy) is 1. The van der Waals surface area contributed by atoms with Gasteiger partial charge in [-0.1, -0.05) is 13.8 Å². The molecule has 0 aliphatic rings. The van der Waals surface area contributed by atoms with Crippen molar-refractivity contribution >= 4 is 5.97 Å². The molecule has 0 radical (unpaired) electrons. The summed E-state index contributed by atoms with van der Waals surface area (Å²) in [5, 5.41) is 3.12. The minimum atomic E-state index is -0.625. The Balaban J connectivity index is 4.74. The van der Waals surface area contributed by atoms with Gasteiger partial charge in [-0.25, -0.2) is 0 Å². The fourth-order valence-corrected chi connectivity index (χ4v) is 2.18. The van der Waals surface area contributed by atoms with Crippen LogP contribution in [-0.4, -0.2) is 49.2 Å². The van der Waals surface area contributed by atoms with Crippen molar-refractivity contribution < 1.29 is 9.53 Å². The van der Waals surface area contributed by atoms with Gasteiger partial charge in [0.05, 0.1) is 6.61 Å². The van der Waals surface area contributed by atoms with Crippen molar-refractivity contribution in [3.8, 4) is 0 Å². The van der Waals surface area contributed by atoms with E-state index in [0.29, 0.717) is 24.6 Å². The summed E-state index contributed by atoms with van der Waals surface area (Å²) in [6, 6.07) is 0.789. The van der Waals surface area contributed by atoms with Crippen molar-refractivity contribution in [2.45, 2.75) is 65.6 Å². The number of nitrogens with zero attached hydrogens (tertiary/aromatic N) is 1. The van der Waals surface area contributed by atoms with Gasteiger partial charge in [-0.2, -0.15) is 0 Å². The second kappa shape index (κ2) is 7.85. The largest absolute Gasteiger partial charge is 0.465 e. The Morgan fingerprint density at radius 3 is 2.21 bits per heavy atom. The molecule has 0 bridgehead atoms. The molecule has 114 valence electrons. The summed E-state index contributed by atoms with van der Waals surface area (Å²) in [4.78, 5) is 14.4. The Labute approximate surface area is 118 Å². The van der Waals surface area contributed by atoms with E-state index in [2.05, 4.69) is 45.0 Å². The van der Waals surface area contributed by atoms with Gasteiger partial charge < -0.3 is 15.0 Å². The molecule has 0 aromatic heterocycles. The lowest BCUT2D eigenvalue weighted by molar-refractivity contribution is -0.151. The lowest BCUT2D eigenvalue weighted by Crippen LogP contribution is -2.53. The van der Waals surface area contributed by atoms with E-state index in [-0.39, 0.29) is 5.97 Å². The molecule has 0 fully saturated rings. The highest BCUT2D eigenvalue weighted by atomic mass is 16.5. The molecule has 3 atom stereocenters. The third-order valence-corrected chi connectivity index (χ3v) is 4.28. The number of carbonyl (C=O) groups excluding carboxylic acids is 1. The summed E-state index contributed by atoms with van der Waals surface area (Å²) in [7, 11) is 3.94. The molecule has 0 aromatic carbocycles. The van der Waals surface area contributed by atoms with Gasteiger partial charge in [0.15, 0.2) is 0 Å². The van der Waals surface area contributed by atoms with E-state index in [9.17, 15) is 4.79 Å². The van der Waals surface area contributed by atoms with Crippen LogP contribution in [0.1, 0.15) is 48.0 Å². The van der Waals surface area contributed by atoms with Crippen LogP contribution in [-0.2, 0) is 9.53 Å². The molecule has 0 aromatic rings. The second-order valence-electron chi connectivity index (χ2n) is 6.01. The Hall–Kier alpha value is -0.610. The minimum Gasteiger partial charge on any atom is -0.465 e. The molecule has 0 saturated carbocycles. The van der Waals surface area contributed by atoms with Crippen LogP contribution in [0.2, 0.25) is 0 Å². The standard InChI is InChI=1S/C15H32N2O2/c1-9-19-14(18)15(6,16-7)10-12(4)17(8)13(5)11(2)3/h11-13,16H,9-10H2,1-8H3. The molecular formula is C15H32N2O2. The van der Waals surface area contributed by atoms with Gasteiger partial charge in [0.2, 0.25) is 0 Å². The van der Waals surface area contributed by atoms with Gasteiger partial charge in [0.25, 0.3) is 0 Å². The van der Waals surface area contributed by atoms with Crippen molar-refractivity contribution in [1.29, 1.82) is 0 Å². The highest BCUT2D eigenvalue weighted by Crippen LogP contribution is 2.20. The van der Waals surface area contributed by atoms with Crippen molar-refractivity contribution in [1.82, 2.24) is 10.2 Å². The summed E-state index contributed by atoms with van der Waals surface area (Å²) in [6.45, 7) is 13.0. The number of likely N-dealkylation sites (N-methyl/N-ethyl adjacent to an activating group) is 1. The first-order valence-electron chi connectivity index (χ1n) is 7.27. The number of hydrogen-bond donors (Lipinski definition) is 1. The fraction of sp³-hybridized carbons (Fsp3) is 0.933. The highest BCUT2D eigenvalue weighted by molar-refractivity contribution is 5.80. The highest BCUT2D eigenvalue weighted by Gasteiger charge is 2.36. The molecule has 0 spiro atoms. The minimum absolute atomic E-state index is 0.171. The molecule has 0 saturated heterocycles. The van der Waals surface area contributed by atoms with Crippen LogP contribution in [0, 0.1) is 5.92 Å². The number of esters is 1. The van der Waals surface area contributed by atoms with Crippen molar-refractivity contribution in [3.63, 3.8) is 0 Å². The van der Waals surface area contributed by atoms with Crippen LogP contribution >= 0.6 is 0 Å². The van der Waals surface area contributed by atoms with E-state index in [1.807, 2.05) is 20.9 Å². The zero-order valence-electron chi connectivity index (χ0n) is 13.9. The Bertz CT molecular complexity index is 281. The van der Waals surface area contributed by atoms with Crippen LogP contribution in [0.5, 0.6) is 0 Å². The van der Waals surface area contributed by atoms with Gasteiger partial charge in [0.1, 0.15) is 5.54 Å². The first kappa shape index (κ1) is 18.4. The molecule has 1 N–H and O–H groups in total. The number of nitrogens with one attached hydrogen (secondary N) is 1. The van der Waals surface area contributed by atoms with Gasteiger partial charge >= 0.3 is 5.97 Å². The molecule has 0 heterocycles. The maximum Gasteiger partial charge on any atom is 0.326 e. The molecule has 0 aliphatic heterocycles. The van der Waals surface area contributed by atoms with Gasteiger partial charge in [-0.3, -0.25) is 4.79 Å². The molecule has 0 rings (SSSR count). The number of hydrogen-bond acceptors (Lipinski definition) is 4. The molecule has 19 heavy (non-hydrogen) atoms. The zero-order valence-corrected chi connectivity index (χ0v) is 13.9. The first-order valence-corrected chi connectivity index (χ1v) is 7.27. The maximum absolute atomic E-state index is 12.1. The van der Waals surface area contributed by atoms with Crippen molar-refractivity contribution in [2.75, 3.05) is 20.7 Å². The predicted octanol–water partition coefficient (Wildman–Crippen LogP) is 2.28. The number of carbonyl (C=O) groups is 1. The van der Waals surface area contributed by atoms with Gasteiger partial charge in [-0.05, 0) is 54.1 Å². The van der Waals surface area contributed by atoms with Gasteiger partial charge in [0, 0.05) is 12.1 Å². The van der Waals surface area contributed by atoms with Crippen LogP contribution in [0.3, 0.4) is 0 Å². The SMILES string of the molecule is CCOC(=O)C(C)(CC(C)N(C)C(C)C(C)C)NC. The predicted molar refractivity (Wildman–Crippen MR) is 80.2 cm³/mol. The summed E-state index contributed by atoms with van der Waals surface area (Å²) in [6.07, 6.45) is 0.732. The topological polar surface area (TPSA) is 41.6 Å². The van der Waals surface area contributed by atoms with E-state index in [4.69, 9.17) is 4.74 Å². The lowest BCUT2D eigenvalue weighted by atomic mass is 9.91. The van der Waals surface area contributed by atoms with Crippen molar-refractivity contribution in [2.24, 2.45) is 5.92 Å². The summed E-state index contributed by atoms with van der Waals surface area (Å²) >= 11 is 0. The zero-order chi connectivity index (χ0) is 15.2. The average Bonchev–Trinajstić information content (AvgIpc) is 2.36. The summed E-state index contributed by atoms with van der Waals surface area (Å²) in [5.74, 6) is 0.422. The molecule has 3 unspecified atom stereocenters. The first-order chi connectivity index (χ1) is 8.69. The van der Waals surface area contributed by atoms with Crippen LogP contribution in [0.25, 0.3) is 0 Å². The average molecular weight is 272 g/mol. The summed E-state index contributed by atoms with van der Waals surface area (Å²) in [5.41, 5.74) is -0.625. The van der Waals surface area contributed by atoms with E-state index in [1.54, 1.807) is 0 Å². The van der Waals surface area contributed by atoms with Crippen LogP contribution in [0.15, 0.2) is 0 Å². The number of rotatable bonds is 8. The summed E-state index contributed by atoms with van der Waals surface area (Å²) < 4.78 is 5.17. The van der Waals surface area contributed by atoms with Gasteiger partial charge in [-0.15, -0.1) is 0 Å². The molecule has 4 nitrogen and oxygen atoms in total. The Kier molecular flexibility index (Phi) is 7.60. The smallest absolute Gasteiger partial charge is 0.326 e. The lowest BCUT2D eigenvalue weighted by Gasteiger charge is -2.37. The van der Waals surface area contributed by atoms with E-state index in [0.717, 1.165) is 6.42 Å². The quantitative estimate of drug-likeness (QED) is 0.688. The third-order valence-electron chi connectivity index (χ3n) is 4.28. The second-order valence-corrected chi connectivity index (χ2v) is 6.01. The normalized spacial score (nSPS) is 18.2. The molecule has 0 aliphatic carbocycles. The maximum atomic E-state index is 12.1. The Morgan fingerprint density at radius 1 is 1.32 bits per heavy atom. The van der Waals surface area contributed by atoms with E-state index in [1.165, 1.54) is 0 Å². The molecular weight excluding hydrogens is 240 g/mol. The molecule has 0 amide bonds. The molecule has 4 heteroatoms.